The number of nitrogens with zero attached hydrogens (tertiary/aromatic N) is 3. The van der Waals surface area contributed by atoms with E-state index in [0.717, 1.165) is 29.7 Å². The molecule has 1 amide bonds. The number of piperidine rings is 1. The van der Waals surface area contributed by atoms with Crippen molar-refractivity contribution in [2.75, 3.05) is 20.2 Å². The number of likely N-dealkylation sites (tertiary alicyclic amines) is 1. The Labute approximate surface area is 173 Å². The average molecular weight is 408 g/mol. The lowest BCUT2D eigenvalue weighted by atomic mass is 9.95. The third-order valence-electron chi connectivity index (χ3n) is 5.50. The largest absolute Gasteiger partial charge is 0.496 e. The molecule has 0 atom stereocenters. The fraction of sp³-hybridized carbons (Fsp3) is 0.364. The van der Waals surface area contributed by atoms with Crippen LogP contribution in [0.2, 0.25) is 0 Å². The van der Waals surface area contributed by atoms with E-state index in [1.54, 1.807) is 19.4 Å². The number of carbonyl (C=O) groups excluding carboxylic acids is 1. The van der Waals surface area contributed by atoms with Crippen molar-refractivity contribution in [3.63, 3.8) is 0 Å². The normalized spacial score (nSPS) is 14.7. The molecule has 0 saturated carbocycles. The standard InChI is InChI=1S/C22H24N4O4/c1-14-11-15(3-5-18(14)29-2)12-20(28)26-9-7-16(8-10-26)21-24-22(30-25-21)17-4-6-19(27)23-13-17/h3-6,11,13,16H,7-10,12H2,1-2H3,(H,23,27). The van der Waals surface area contributed by atoms with Gasteiger partial charge in [-0.15, -0.1) is 0 Å². The summed E-state index contributed by atoms with van der Waals surface area (Å²) in [4.78, 5) is 32.9. The summed E-state index contributed by atoms with van der Waals surface area (Å²) in [5.41, 5.74) is 2.51. The van der Waals surface area contributed by atoms with Crippen LogP contribution in [0.15, 0.2) is 45.8 Å². The number of benzene rings is 1. The Morgan fingerprint density at radius 2 is 2.07 bits per heavy atom. The number of ether oxygens (including phenoxy) is 1. The van der Waals surface area contributed by atoms with E-state index < -0.39 is 0 Å². The van der Waals surface area contributed by atoms with Gasteiger partial charge in [0.1, 0.15) is 5.75 Å². The van der Waals surface area contributed by atoms with E-state index >= 15 is 0 Å². The van der Waals surface area contributed by atoms with E-state index in [1.807, 2.05) is 30.0 Å². The second-order valence-corrected chi connectivity index (χ2v) is 7.54. The molecule has 1 aliphatic rings. The van der Waals surface area contributed by atoms with Crippen LogP contribution in [0.1, 0.15) is 35.7 Å². The maximum atomic E-state index is 12.7. The van der Waals surface area contributed by atoms with E-state index in [1.165, 1.54) is 6.07 Å². The molecule has 0 bridgehead atoms. The molecule has 1 aromatic carbocycles. The molecule has 0 spiro atoms. The molecular formula is C22H24N4O4. The van der Waals surface area contributed by atoms with E-state index in [0.29, 0.717) is 36.8 Å². The lowest BCUT2D eigenvalue weighted by molar-refractivity contribution is -0.131. The first-order valence-electron chi connectivity index (χ1n) is 9.97. The van der Waals surface area contributed by atoms with Gasteiger partial charge < -0.3 is 19.1 Å². The number of aryl methyl sites for hydroxylation is 1. The molecule has 8 nitrogen and oxygen atoms in total. The zero-order valence-electron chi connectivity index (χ0n) is 17.1. The Morgan fingerprint density at radius 1 is 1.27 bits per heavy atom. The molecule has 0 aliphatic carbocycles. The van der Waals surface area contributed by atoms with Crippen molar-refractivity contribution in [1.82, 2.24) is 20.0 Å². The van der Waals surface area contributed by atoms with Crippen LogP contribution in [0.25, 0.3) is 11.5 Å². The van der Waals surface area contributed by atoms with Crippen LogP contribution in [-0.4, -0.2) is 46.1 Å². The van der Waals surface area contributed by atoms with Crippen LogP contribution in [0.5, 0.6) is 5.75 Å². The summed E-state index contributed by atoms with van der Waals surface area (Å²) in [6, 6.07) is 8.92. The summed E-state index contributed by atoms with van der Waals surface area (Å²) in [5, 5.41) is 4.11. The van der Waals surface area contributed by atoms with Gasteiger partial charge in [-0.3, -0.25) is 9.59 Å². The van der Waals surface area contributed by atoms with E-state index in [2.05, 4.69) is 15.1 Å². The number of amides is 1. The number of carbonyl (C=O) groups is 1. The molecular weight excluding hydrogens is 384 g/mol. The number of rotatable bonds is 5. The Morgan fingerprint density at radius 3 is 2.73 bits per heavy atom. The van der Waals surface area contributed by atoms with Gasteiger partial charge in [0.05, 0.1) is 19.1 Å². The summed E-state index contributed by atoms with van der Waals surface area (Å²) in [6.45, 7) is 3.31. The first kappa shape index (κ1) is 19.9. The van der Waals surface area contributed by atoms with Crippen molar-refractivity contribution >= 4 is 5.91 Å². The van der Waals surface area contributed by atoms with Crippen LogP contribution in [0.3, 0.4) is 0 Å². The molecule has 1 saturated heterocycles. The topological polar surface area (TPSA) is 101 Å². The van der Waals surface area contributed by atoms with Gasteiger partial charge in [-0.1, -0.05) is 17.3 Å². The van der Waals surface area contributed by atoms with Gasteiger partial charge in [-0.25, -0.2) is 0 Å². The van der Waals surface area contributed by atoms with Crippen LogP contribution in [0, 0.1) is 6.92 Å². The van der Waals surface area contributed by atoms with Gasteiger partial charge in [0.25, 0.3) is 5.89 Å². The molecule has 0 radical (unpaired) electrons. The fourth-order valence-corrected chi connectivity index (χ4v) is 3.79. The quantitative estimate of drug-likeness (QED) is 0.697. The summed E-state index contributed by atoms with van der Waals surface area (Å²) in [6.07, 6.45) is 3.52. The monoisotopic (exact) mass is 408 g/mol. The average Bonchev–Trinajstić information content (AvgIpc) is 3.25. The number of pyridine rings is 1. The van der Waals surface area contributed by atoms with Gasteiger partial charge >= 0.3 is 0 Å². The molecule has 0 unspecified atom stereocenters. The summed E-state index contributed by atoms with van der Waals surface area (Å²) < 4.78 is 10.6. The van der Waals surface area contributed by atoms with Crippen LogP contribution in [0.4, 0.5) is 0 Å². The minimum absolute atomic E-state index is 0.125. The number of methoxy groups -OCH3 is 1. The third-order valence-corrected chi connectivity index (χ3v) is 5.50. The Kier molecular flexibility index (Phi) is 5.65. The lowest BCUT2D eigenvalue weighted by Gasteiger charge is -2.30. The number of aromatic nitrogens is 3. The smallest absolute Gasteiger partial charge is 0.259 e. The predicted octanol–water partition coefficient (Wildman–Crippen LogP) is 2.69. The zero-order valence-corrected chi connectivity index (χ0v) is 17.1. The van der Waals surface area contributed by atoms with Crippen molar-refractivity contribution < 1.29 is 14.1 Å². The number of aromatic amines is 1. The molecule has 8 heteroatoms. The highest BCUT2D eigenvalue weighted by Gasteiger charge is 2.27. The van der Waals surface area contributed by atoms with E-state index in [9.17, 15) is 9.59 Å². The van der Waals surface area contributed by atoms with Gasteiger partial charge in [-0.2, -0.15) is 4.98 Å². The summed E-state index contributed by atoms with van der Waals surface area (Å²) in [7, 11) is 1.64. The number of hydrogen-bond acceptors (Lipinski definition) is 6. The van der Waals surface area contributed by atoms with E-state index in [4.69, 9.17) is 9.26 Å². The highest BCUT2D eigenvalue weighted by molar-refractivity contribution is 5.79. The second-order valence-electron chi connectivity index (χ2n) is 7.54. The van der Waals surface area contributed by atoms with Crippen LogP contribution >= 0.6 is 0 Å². The van der Waals surface area contributed by atoms with Gasteiger partial charge in [0, 0.05) is 31.3 Å². The van der Waals surface area contributed by atoms with Crippen molar-refractivity contribution in [2.24, 2.45) is 0 Å². The number of H-pyrrole nitrogens is 1. The van der Waals surface area contributed by atoms with Crippen molar-refractivity contribution in [3.05, 3.63) is 63.8 Å². The zero-order chi connectivity index (χ0) is 21.1. The molecule has 3 aromatic rings. The summed E-state index contributed by atoms with van der Waals surface area (Å²) >= 11 is 0. The number of nitrogens with one attached hydrogen (secondary N) is 1. The first-order chi connectivity index (χ1) is 14.5. The maximum Gasteiger partial charge on any atom is 0.259 e. The third kappa shape index (κ3) is 4.27. The molecule has 3 heterocycles. The highest BCUT2D eigenvalue weighted by atomic mass is 16.5. The van der Waals surface area contributed by atoms with Gasteiger partial charge in [0.2, 0.25) is 11.5 Å². The van der Waals surface area contributed by atoms with Crippen LogP contribution in [-0.2, 0) is 11.2 Å². The van der Waals surface area contributed by atoms with Crippen molar-refractivity contribution in [3.8, 4) is 17.2 Å². The molecule has 156 valence electrons. The van der Waals surface area contributed by atoms with Crippen molar-refractivity contribution in [1.29, 1.82) is 0 Å². The molecule has 2 aromatic heterocycles. The molecule has 4 rings (SSSR count). The lowest BCUT2D eigenvalue weighted by Crippen LogP contribution is -2.39. The first-order valence-corrected chi connectivity index (χ1v) is 9.97. The number of hydrogen-bond donors (Lipinski definition) is 1. The van der Waals surface area contributed by atoms with Gasteiger partial charge in [-0.05, 0) is 43.0 Å². The minimum Gasteiger partial charge on any atom is -0.496 e. The Balaban J connectivity index is 1.34. The van der Waals surface area contributed by atoms with E-state index in [-0.39, 0.29) is 17.4 Å². The predicted molar refractivity (Wildman–Crippen MR) is 110 cm³/mol. The van der Waals surface area contributed by atoms with Gasteiger partial charge in [0.15, 0.2) is 5.82 Å². The van der Waals surface area contributed by atoms with Crippen LogP contribution < -0.4 is 10.3 Å². The molecule has 1 N–H and O–H groups in total. The fourth-order valence-electron chi connectivity index (χ4n) is 3.79. The Bertz CT molecular complexity index is 1080. The highest BCUT2D eigenvalue weighted by Crippen LogP contribution is 2.28. The molecule has 30 heavy (non-hydrogen) atoms. The molecule has 1 aliphatic heterocycles. The molecule has 1 fully saturated rings. The van der Waals surface area contributed by atoms with Crippen molar-refractivity contribution in [2.45, 2.75) is 32.1 Å². The second kappa shape index (κ2) is 8.52. The minimum atomic E-state index is -0.180. The SMILES string of the molecule is COc1ccc(CC(=O)N2CCC(c3noc(-c4ccc(=O)[nH]c4)n3)CC2)cc1C. The maximum absolute atomic E-state index is 12.7. The summed E-state index contributed by atoms with van der Waals surface area (Å²) in [5.74, 6) is 2.13. The Hall–Kier alpha value is -3.42.